The number of hydrogen-bond acceptors (Lipinski definition) is 6. The number of ether oxygens (including phenoxy) is 1. The van der Waals surface area contributed by atoms with Crippen LogP contribution >= 0.6 is 0 Å². The molecule has 7 nitrogen and oxygen atoms in total. The van der Waals surface area contributed by atoms with Crippen LogP contribution in [0.3, 0.4) is 0 Å². The molecular weight excluding hydrogens is 298 g/mol. The monoisotopic (exact) mass is 321 g/mol. The van der Waals surface area contributed by atoms with Gasteiger partial charge in [0, 0.05) is 36.6 Å². The number of rotatable bonds is 4. The molecule has 7 heteroatoms. The third-order valence-electron chi connectivity index (χ3n) is 3.93. The van der Waals surface area contributed by atoms with Crippen molar-refractivity contribution in [1.82, 2.24) is 9.88 Å². The predicted molar refractivity (Wildman–Crippen MR) is 85.8 cm³/mol. The first-order chi connectivity index (χ1) is 11.1. The third kappa shape index (κ3) is 4.19. The topological polar surface area (TPSA) is 95.2 Å². The minimum atomic E-state index is -0.278. The van der Waals surface area contributed by atoms with E-state index in [0.717, 1.165) is 12.8 Å². The number of piperidine rings is 1. The molecule has 1 aromatic heterocycles. The summed E-state index contributed by atoms with van der Waals surface area (Å²) in [5, 5.41) is 19.4. The summed E-state index contributed by atoms with van der Waals surface area (Å²) in [5.41, 5.74) is 1.55. The van der Waals surface area contributed by atoms with Gasteiger partial charge in [0.25, 0.3) is 0 Å². The molecule has 0 radical (unpaired) electrons. The van der Waals surface area contributed by atoms with Gasteiger partial charge in [-0.15, -0.1) is 0 Å². The fourth-order valence-electron chi connectivity index (χ4n) is 2.51. The van der Waals surface area contributed by atoms with Crippen LogP contribution in [-0.2, 0) is 11.3 Å². The van der Waals surface area contributed by atoms with Crippen molar-refractivity contribution in [2.45, 2.75) is 39.3 Å². The maximum Gasteiger partial charge on any atom is 0.409 e. The number of aliphatic hydroxyl groups is 1. The van der Waals surface area contributed by atoms with Gasteiger partial charge in [0.05, 0.1) is 24.9 Å². The summed E-state index contributed by atoms with van der Waals surface area (Å²) in [6.45, 7) is 4.87. The van der Waals surface area contributed by atoms with E-state index in [-0.39, 0.29) is 24.5 Å². The third-order valence-corrected chi connectivity index (χ3v) is 3.93. The molecule has 1 amide bonds. The van der Waals surface area contributed by atoms with Crippen molar-refractivity contribution in [3.05, 3.63) is 23.0 Å². The molecule has 2 heterocycles. The van der Waals surface area contributed by atoms with Crippen molar-refractivity contribution in [3.8, 4) is 5.75 Å². The van der Waals surface area contributed by atoms with Gasteiger partial charge < -0.3 is 19.8 Å². The summed E-state index contributed by atoms with van der Waals surface area (Å²) < 4.78 is 4.99. The molecule has 0 unspecified atom stereocenters. The minimum absolute atomic E-state index is 0.0456. The van der Waals surface area contributed by atoms with E-state index in [1.165, 1.54) is 0 Å². The summed E-state index contributed by atoms with van der Waals surface area (Å²) in [5.74, 6) is 0.0456. The molecule has 23 heavy (non-hydrogen) atoms. The Bertz CT molecular complexity index is 581. The quantitative estimate of drug-likeness (QED) is 0.822. The van der Waals surface area contributed by atoms with Gasteiger partial charge in [-0.3, -0.25) is 9.98 Å². The van der Waals surface area contributed by atoms with Gasteiger partial charge in [-0.1, -0.05) is 0 Å². The number of aromatic nitrogens is 1. The van der Waals surface area contributed by atoms with Crippen molar-refractivity contribution in [3.63, 3.8) is 0 Å². The molecule has 0 bridgehead atoms. The largest absolute Gasteiger partial charge is 0.505 e. The Balaban J connectivity index is 2.00. The Morgan fingerprint density at radius 1 is 1.52 bits per heavy atom. The average molecular weight is 321 g/mol. The van der Waals surface area contributed by atoms with Gasteiger partial charge in [-0.05, 0) is 26.7 Å². The number of carbonyl (C=O) groups excluding carboxylic acids is 1. The van der Waals surface area contributed by atoms with Crippen LogP contribution in [0, 0.1) is 6.92 Å². The number of likely N-dealkylation sites (tertiary alicyclic amines) is 1. The normalized spacial score (nSPS) is 16.0. The van der Waals surface area contributed by atoms with E-state index in [0.29, 0.717) is 36.5 Å². The van der Waals surface area contributed by atoms with Gasteiger partial charge in [0.1, 0.15) is 5.75 Å². The van der Waals surface area contributed by atoms with Gasteiger partial charge in [-0.2, -0.15) is 0 Å². The lowest BCUT2D eigenvalue weighted by Crippen LogP contribution is -2.40. The van der Waals surface area contributed by atoms with Crippen molar-refractivity contribution < 1.29 is 19.7 Å². The van der Waals surface area contributed by atoms with Crippen LogP contribution in [0.2, 0.25) is 0 Å². The number of carbonyl (C=O) groups is 1. The van der Waals surface area contributed by atoms with Crippen LogP contribution in [-0.4, -0.2) is 58.1 Å². The van der Waals surface area contributed by atoms with Crippen LogP contribution in [0.25, 0.3) is 0 Å². The molecule has 0 atom stereocenters. The molecule has 1 aliphatic rings. The van der Waals surface area contributed by atoms with Crippen molar-refractivity contribution in [1.29, 1.82) is 0 Å². The number of pyridine rings is 1. The lowest BCUT2D eigenvalue weighted by molar-refractivity contribution is 0.0975. The van der Waals surface area contributed by atoms with E-state index in [4.69, 9.17) is 4.74 Å². The average Bonchev–Trinajstić information content (AvgIpc) is 2.57. The summed E-state index contributed by atoms with van der Waals surface area (Å²) in [6.07, 6.45) is 4.35. The van der Waals surface area contributed by atoms with E-state index in [1.54, 1.807) is 31.2 Å². The minimum Gasteiger partial charge on any atom is -0.505 e. The van der Waals surface area contributed by atoms with Gasteiger partial charge >= 0.3 is 6.09 Å². The maximum absolute atomic E-state index is 11.6. The van der Waals surface area contributed by atoms with Gasteiger partial charge in [0.2, 0.25) is 0 Å². The zero-order valence-corrected chi connectivity index (χ0v) is 13.5. The Hall–Kier alpha value is -2.15. The number of amides is 1. The molecule has 0 saturated carbocycles. The fraction of sp³-hybridized carbons (Fsp3) is 0.562. The molecule has 126 valence electrons. The fourth-order valence-corrected chi connectivity index (χ4v) is 2.51. The molecule has 1 fully saturated rings. The molecular formula is C16H23N3O4. The number of hydrogen-bond donors (Lipinski definition) is 2. The second-order valence-electron chi connectivity index (χ2n) is 5.48. The second-order valence-corrected chi connectivity index (χ2v) is 5.48. The first-order valence-electron chi connectivity index (χ1n) is 7.80. The van der Waals surface area contributed by atoms with E-state index in [9.17, 15) is 15.0 Å². The summed E-state index contributed by atoms with van der Waals surface area (Å²) in [6, 6.07) is 0.0834. The van der Waals surface area contributed by atoms with Gasteiger partial charge in [-0.25, -0.2) is 4.79 Å². The highest BCUT2D eigenvalue weighted by Gasteiger charge is 2.23. The second kappa shape index (κ2) is 7.92. The molecule has 1 aromatic rings. The van der Waals surface area contributed by atoms with Crippen LogP contribution < -0.4 is 0 Å². The van der Waals surface area contributed by atoms with E-state index in [1.807, 2.05) is 0 Å². The lowest BCUT2D eigenvalue weighted by atomic mass is 10.1. The molecule has 2 N–H and O–H groups in total. The first kappa shape index (κ1) is 17.2. The number of aliphatic imine (C=N–C) groups is 1. The zero-order chi connectivity index (χ0) is 16.8. The number of aryl methyl sites for hydroxylation is 1. The Morgan fingerprint density at radius 2 is 2.22 bits per heavy atom. The number of aromatic hydroxyl groups is 1. The highest BCUT2D eigenvalue weighted by Crippen LogP contribution is 2.23. The Morgan fingerprint density at radius 3 is 2.83 bits per heavy atom. The van der Waals surface area contributed by atoms with Crippen molar-refractivity contribution in [2.75, 3.05) is 19.7 Å². The van der Waals surface area contributed by atoms with E-state index >= 15 is 0 Å². The predicted octanol–water partition coefficient (Wildman–Crippen LogP) is 1.63. The summed E-state index contributed by atoms with van der Waals surface area (Å²) in [4.78, 5) is 21.9. The zero-order valence-electron chi connectivity index (χ0n) is 13.5. The molecule has 0 aromatic carbocycles. The molecule has 1 saturated heterocycles. The lowest BCUT2D eigenvalue weighted by Gasteiger charge is -2.29. The van der Waals surface area contributed by atoms with Crippen LogP contribution in [0.1, 0.15) is 36.6 Å². The Labute approximate surface area is 135 Å². The smallest absolute Gasteiger partial charge is 0.409 e. The molecule has 0 spiro atoms. The van der Waals surface area contributed by atoms with Crippen molar-refractivity contribution in [2.24, 2.45) is 4.99 Å². The number of nitrogens with zero attached hydrogens (tertiary/aromatic N) is 3. The maximum atomic E-state index is 11.6. The molecule has 2 rings (SSSR count). The van der Waals surface area contributed by atoms with E-state index < -0.39 is 0 Å². The molecule has 0 aliphatic carbocycles. The standard InChI is InChI=1S/C16H23N3O4/c1-3-23-16(22)19-6-4-13(5-7-19)18-9-14-12(10-20)8-17-11(2)15(14)21/h8-9,13,20-21H,3-7,10H2,1-2H3. The highest BCUT2D eigenvalue weighted by atomic mass is 16.6. The van der Waals surface area contributed by atoms with E-state index in [2.05, 4.69) is 9.98 Å². The summed E-state index contributed by atoms with van der Waals surface area (Å²) >= 11 is 0. The van der Waals surface area contributed by atoms with Crippen LogP contribution in [0.15, 0.2) is 11.2 Å². The van der Waals surface area contributed by atoms with Crippen molar-refractivity contribution >= 4 is 12.3 Å². The van der Waals surface area contributed by atoms with Crippen LogP contribution in [0.4, 0.5) is 4.79 Å². The van der Waals surface area contributed by atoms with Gasteiger partial charge in [0.15, 0.2) is 0 Å². The number of aliphatic hydroxyl groups excluding tert-OH is 1. The first-order valence-corrected chi connectivity index (χ1v) is 7.80. The summed E-state index contributed by atoms with van der Waals surface area (Å²) in [7, 11) is 0. The highest BCUT2D eigenvalue weighted by molar-refractivity contribution is 5.85. The Kier molecular flexibility index (Phi) is 5.92. The molecule has 1 aliphatic heterocycles. The SMILES string of the molecule is CCOC(=O)N1CCC(N=Cc2c(CO)cnc(C)c2O)CC1. The van der Waals surface area contributed by atoms with Crippen LogP contribution in [0.5, 0.6) is 5.75 Å².